The van der Waals surface area contributed by atoms with Crippen molar-refractivity contribution in [1.82, 2.24) is 10.3 Å². The fourth-order valence-corrected chi connectivity index (χ4v) is 4.66. The highest BCUT2D eigenvalue weighted by atomic mass is 32.2. The van der Waals surface area contributed by atoms with Crippen LogP contribution < -0.4 is 10.5 Å². The maximum absolute atomic E-state index is 12.1. The van der Waals surface area contributed by atoms with Crippen molar-refractivity contribution < 1.29 is 13.2 Å². The van der Waals surface area contributed by atoms with E-state index in [9.17, 15) is 13.2 Å². The molecule has 0 radical (unpaired) electrons. The summed E-state index contributed by atoms with van der Waals surface area (Å²) in [6, 6.07) is 12.9. The predicted octanol–water partition coefficient (Wildman–Crippen LogP) is 2.38. The number of aromatic nitrogens is 1. The van der Waals surface area contributed by atoms with Gasteiger partial charge in [0.25, 0.3) is 0 Å². The van der Waals surface area contributed by atoms with Gasteiger partial charge in [-0.15, -0.1) is 22.7 Å². The molecule has 0 saturated heterocycles. The molecule has 0 bridgehead atoms. The summed E-state index contributed by atoms with van der Waals surface area (Å²) in [5.74, 6) is -0.171. The number of rotatable bonds is 6. The molecule has 1 amide bonds. The molecule has 130 valence electrons. The second kappa shape index (κ2) is 7.44. The Balaban J connectivity index is 1.56. The van der Waals surface area contributed by atoms with E-state index < -0.39 is 10.0 Å². The minimum atomic E-state index is -3.70. The van der Waals surface area contributed by atoms with E-state index in [0.29, 0.717) is 5.69 Å². The number of sulfonamides is 1. The van der Waals surface area contributed by atoms with Crippen LogP contribution in [0.3, 0.4) is 0 Å². The number of thiophene rings is 1. The smallest absolute Gasteiger partial charge is 0.247 e. The van der Waals surface area contributed by atoms with E-state index in [4.69, 9.17) is 5.14 Å². The molecule has 0 aliphatic heterocycles. The van der Waals surface area contributed by atoms with Crippen LogP contribution in [0.2, 0.25) is 0 Å². The third kappa shape index (κ3) is 4.73. The van der Waals surface area contributed by atoms with Gasteiger partial charge in [-0.3, -0.25) is 4.79 Å². The quantitative estimate of drug-likeness (QED) is 0.671. The Kier molecular flexibility index (Phi) is 5.28. The number of benzene rings is 1. The van der Waals surface area contributed by atoms with Crippen molar-refractivity contribution in [3.05, 3.63) is 58.4 Å². The average Bonchev–Trinajstić information content (AvgIpc) is 3.23. The van der Waals surface area contributed by atoms with E-state index in [0.717, 1.165) is 26.8 Å². The molecular weight excluding hydrogens is 378 g/mol. The molecular formula is C16H15N3O3S3. The zero-order valence-electron chi connectivity index (χ0n) is 13.0. The standard InChI is InChI=1S/C16H15N3O3S3/c17-25(21,22)15-7-6-13(24-15)9-18-14(20)8-12-10-23-16(19-12)11-4-2-1-3-5-11/h1-7,10H,8-9H2,(H,18,20)(H2,17,21,22). The van der Waals surface area contributed by atoms with Gasteiger partial charge in [0, 0.05) is 15.8 Å². The molecule has 2 heterocycles. The molecule has 0 atom stereocenters. The summed E-state index contributed by atoms with van der Waals surface area (Å²) in [5.41, 5.74) is 1.73. The number of thiazole rings is 1. The van der Waals surface area contributed by atoms with Crippen molar-refractivity contribution in [2.45, 2.75) is 17.2 Å². The van der Waals surface area contributed by atoms with Crippen LogP contribution in [0, 0.1) is 0 Å². The minimum Gasteiger partial charge on any atom is -0.351 e. The molecule has 3 N–H and O–H groups in total. The molecule has 25 heavy (non-hydrogen) atoms. The number of nitrogens with one attached hydrogen (secondary N) is 1. The highest BCUT2D eigenvalue weighted by molar-refractivity contribution is 7.91. The van der Waals surface area contributed by atoms with Crippen LogP contribution in [0.1, 0.15) is 10.6 Å². The summed E-state index contributed by atoms with van der Waals surface area (Å²) < 4.78 is 22.6. The van der Waals surface area contributed by atoms with E-state index >= 15 is 0 Å². The second-order valence-corrected chi connectivity index (χ2v) is 9.04. The minimum absolute atomic E-state index is 0.0868. The summed E-state index contributed by atoms with van der Waals surface area (Å²) in [5, 5.41) is 10.6. The Morgan fingerprint density at radius 1 is 1.16 bits per heavy atom. The highest BCUT2D eigenvalue weighted by Crippen LogP contribution is 2.23. The second-order valence-electron chi connectivity index (χ2n) is 5.23. The topological polar surface area (TPSA) is 102 Å². The Hall–Kier alpha value is -2.07. The lowest BCUT2D eigenvalue weighted by molar-refractivity contribution is -0.120. The zero-order valence-corrected chi connectivity index (χ0v) is 15.5. The van der Waals surface area contributed by atoms with Crippen LogP contribution in [0.25, 0.3) is 10.6 Å². The summed E-state index contributed by atoms with van der Waals surface area (Å²) in [7, 11) is -3.70. The number of nitrogens with two attached hydrogens (primary N) is 1. The van der Waals surface area contributed by atoms with Crippen LogP contribution in [0.5, 0.6) is 0 Å². The third-order valence-electron chi connectivity index (χ3n) is 3.29. The maximum atomic E-state index is 12.1. The van der Waals surface area contributed by atoms with Crippen LogP contribution in [0.4, 0.5) is 0 Å². The van der Waals surface area contributed by atoms with Crippen molar-refractivity contribution in [2.24, 2.45) is 5.14 Å². The largest absolute Gasteiger partial charge is 0.351 e. The van der Waals surface area contributed by atoms with E-state index in [2.05, 4.69) is 10.3 Å². The van der Waals surface area contributed by atoms with E-state index in [-0.39, 0.29) is 23.1 Å². The molecule has 2 aromatic heterocycles. The van der Waals surface area contributed by atoms with Crippen molar-refractivity contribution in [2.75, 3.05) is 0 Å². The molecule has 0 unspecified atom stereocenters. The molecule has 0 saturated carbocycles. The third-order valence-corrected chi connectivity index (χ3v) is 6.76. The first-order valence-corrected chi connectivity index (χ1v) is 10.5. The average molecular weight is 394 g/mol. The Labute approximate surface area is 153 Å². The van der Waals surface area contributed by atoms with Crippen LogP contribution >= 0.6 is 22.7 Å². The monoisotopic (exact) mass is 393 g/mol. The van der Waals surface area contributed by atoms with Gasteiger partial charge >= 0.3 is 0 Å². The summed E-state index contributed by atoms with van der Waals surface area (Å²) in [4.78, 5) is 17.2. The number of amides is 1. The fourth-order valence-electron chi connectivity index (χ4n) is 2.12. The SMILES string of the molecule is NS(=O)(=O)c1ccc(CNC(=O)Cc2csc(-c3ccccc3)n2)s1. The molecule has 9 heteroatoms. The number of carbonyl (C=O) groups excluding carboxylic acids is 1. The Bertz CT molecular complexity index is 978. The van der Waals surface area contributed by atoms with Gasteiger partial charge in [0.1, 0.15) is 9.22 Å². The Morgan fingerprint density at radius 2 is 1.92 bits per heavy atom. The van der Waals surface area contributed by atoms with Crippen LogP contribution in [0.15, 0.2) is 52.1 Å². The first-order valence-electron chi connectivity index (χ1n) is 7.30. The number of carbonyl (C=O) groups is 1. The number of nitrogens with zero attached hydrogens (tertiary/aromatic N) is 1. The van der Waals surface area contributed by atoms with Gasteiger partial charge in [0.2, 0.25) is 15.9 Å². The van der Waals surface area contributed by atoms with Crippen molar-refractivity contribution in [3.63, 3.8) is 0 Å². The first-order chi connectivity index (χ1) is 11.9. The maximum Gasteiger partial charge on any atom is 0.247 e. The molecule has 1 aromatic carbocycles. The molecule has 0 aliphatic carbocycles. The zero-order chi connectivity index (χ0) is 17.9. The van der Waals surface area contributed by atoms with Crippen LogP contribution in [-0.2, 0) is 27.8 Å². The van der Waals surface area contributed by atoms with E-state index in [1.54, 1.807) is 6.07 Å². The van der Waals surface area contributed by atoms with Gasteiger partial charge in [-0.1, -0.05) is 30.3 Å². The molecule has 0 spiro atoms. The van der Waals surface area contributed by atoms with E-state index in [1.807, 2.05) is 35.7 Å². The number of hydrogen-bond donors (Lipinski definition) is 2. The van der Waals surface area contributed by atoms with Crippen molar-refractivity contribution in [3.8, 4) is 10.6 Å². The van der Waals surface area contributed by atoms with Gasteiger partial charge in [0.05, 0.1) is 18.7 Å². The van der Waals surface area contributed by atoms with Gasteiger partial charge in [-0.2, -0.15) is 0 Å². The van der Waals surface area contributed by atoms with Crippen molar-refractivity contribution in [1.29, 1.82) is 0 Å². The van der Waals surface area contributed by atoms with Gasteiger partial charge in [-0.05, 0) is 12.1 Å². The van der Waals surface area contributed by atoms with Gasteiger partial charge < -0.3 is 5.32 Å². The number of hydrogen-bond acceptors (Lipinski definition) is 6. The lowest BCUT2D eigenvalue weighted by Gasteiger charge is -2.01. The Morgan fingerprint density at radius 3 is 2.60 bits per heavy atom. The summed E-state index contributed by atoms with van der Waals surface area (Å²) >= 11 is 2.54. The van der Waals surface area contributed by atoms with Crippen molar-refractivity contribution >= 4 is 38.6 Å². The van der Waals surface area contributed by atoms with E-state index in [1.165, 1.54) is 17.4 Å². The number of primary sulfonamides is 1. The molecule has 0 aliphatic rings. The summed E-state index contributed by atoms with van der Waals surface area (Å²) in [6.07, 6.45) is 0.177. The highest BCUT2D eigenvalue weighted by Gasteiger charge is 2.12. The normalized spacial score (nSPS) is 11.4. The molecule has 3 rings (SSSR count). The molecule has 6 nitrogen and oxygen atoms in total. The van der Waals surface area contributed by atoms with Gasteiger partial charge in [-0.25, -0.2) is 18.5 Å². The first kappa shape index (κ1) is 17.7. The lowest BCUT2D eigenvalue weighted by atomic mass is 10.2. The molecule has 3 aromatic rings. The predicted molar refractivity (Wildman–Crippen MR) is 98.8 cm³/mol. The lowest BCUT2D eigenvalue weighted by Crippen LogP contribution is -2.24. The van der Waals surface area contributed by atoms with Crippen LogP contribution in [-0.4, -0.2) is 19.3 Å². The molecule has 0 fully saturated rings. The summed E-state index contributed by atoms with van der Waals surface area (Å²) in [6.45, 7) is 0.259. The fraction of sp³-hybridized carbons (Fsp3) is 0.125. The van der Waals surface area contributed by atoms with Gasteiger partial charge in [0.15, 0.2) is 0 Å².